The fourth-order valence-electron chi connectivity index (χ4n) is 3.20. The maximum atomic E-state index is 3.28. The van der Waals surface area contributed by atoms with Crippen molar-refractivity contribution >= 4 is 0 Å². The zero-order valence-corrected chi connectivity index (χ0v) is 12.5. The molecule has 1 fully saturated rings. The third-order valence-corrected chi connectivity index (χ3v) is 4.33. The Morgan fingerprint density at radius 2 is 1.95 bits per heavy atom. The molecule has 2 heteroatoms. The summed E-state index contributed by atoms with van der Waals surface area (Å²) in [4.78, 5) is 2.71. The van der Waals surface area contributed by atoms with E-state index >= 15 is 0 Å². The van der Waals surface area contributed by atoms with E-state index in [9.17, 15) is 0 Å². The lowest BCUT2D eigenvalue weighted by Crippen LogP contribution is -2.34. The Labute approximate surface area is 118 Å². The fraction of sp³-hybridized carbons (Fsp3) is 0.647. The molecule has 0 spiro atoms. The molecule has 0 saturated carbocycles. The Morgan fingerprint density at radius 1 is 1.16 bits per heavy atom. The number of nitrogens with one attached hydrogen (secondary N) is 1. The topological polar surface area (TPSA) is 15.3 Å². The van der Waals surface area contributed by atoms with Gasteiger partial charge in [0, 0.05) is 19.1 Å². The van der Waals surface area contributed by atoms with Gasteiger partial charge in [-0.05, 0) is 44.0 Å². The highest BCUT2D eigenvalue weighted by Gasteiger charge is 2.20. The Hall–Kier alpha value is -0.860. The van der Waals surface area contributed by atoms with E-state index in [1.165, 1.54) is 49.8 Å². The van der Waals surface area contributed by atoms with Crippen molar-refractivity contribution in [3.05, 3.63) is 35.4 Å². The van der Waals surface area contributed by atoms with E-state index in [4.69, 9.17) is 0 Å². The molecule has 106 valence electrons. The monoisotopic (exact) mass is 260 g/mol. The van der Waals surface area contributed by atoms with Crippen LogP contribution in [0.25, 0.3) is 0 Å². The molecule has 0 bridgehead atoms. The molecule has 1 N–H and O–H groups in total. The molecule has 2 rings (SSSR count). The second-order valence-electron chi connectivity index (χ2n) is 5.68. The molecule has 0 aliphatic carbocycles. The van der Waals surface area contributed by atoms with Gasteiger partial charge in [-0.1, -0.05) is 44.0 Å². The zero-order valence-electron chi connectivity index (χ0n) is 12.5. The molecule has 1 aliphatic heterocycles. The van der Waals surface area contributed by atoms with E-state index in [1.807, 2.05) is 7.05 Å². The largest absolute Gasteiger partial charge is 0.316 e. The third kappa shape index (κ3) is 4.05. The van der Waals surface area contributed by atoms with E-state index in [-0.39, 0.29) is 0 Å². The van der Waals surface area contributed by atoms with Crippen molar-refractivity contribution < 1.29 is 0 Å². The molecule has 19 heavy (non-hydrogen) atoms. The van der Waals surface area contributed by atoms with Crippen molar-refractivity contribution in [2.45, 2.75) is 58.2 Å². The average molecular weight is 260 g/mol. The van der Waals surface area contributed by atoms with E-state index in [0.717, 1.165) is 19.1 Å². The van der Waals surface area contributed by atoms with E-state index in [0.29, 0.717) is 0 Å². The Morgan fingerprint density at radius 3 is 2.68 bits per heavy atom. The summed E-state index contributed by atoms with van der Waals surface area (Å²) < 4.78 is 0. The molecule has 0 aromatic heterocycles. The Bertz CT molecular complexity index is 375. The van der Waals surface area contributed by atoms with Gasteiger partial charge in [-0.2, -0.15) is 0 Å². The van der Waals surface area contributed by atoms with E-state index in [2.05, 4.69) is 41.4 Å². The van der Waals surface area contributed by atoms with Gasteiger partial charge < -0.3 is 5.32 Å². The molecule has 1 unspecified atom stereocenters. The van der Waals surface area contributed by atoms with Crippen molar-refractivity contribution in [1.82, 2.24) is 10.2 Å². The summed E-state index contributed by atoms with van der Waals surface area (Å²) >= 11 is 0. The first kappa shape index (κ1) is 14.5. The maximum absolute atomic E-state index is 3.28. The van der Waals surface area contributed by atoms with Gasteiger partial charge in [-0.25, -0.2) is 0 Å². The van der Waals surface area contributed by atoms with Crippen LogP contribution in [-0.4, -0.2) is 24.5 Å². The summed E-state index contributed by atoms with van der Waals surface area (Å²) in [6.45, 7) is 5.70. The predicted octanol–water partition coefficient (Wildman–Crippen LogP) is 3.56. The maximum Gasteiger partial charge on any atom is 0.0239 e. The van der Waals surface area contributed by atoms with Crippen LogP contribution in [0.5, 0.6) is 0 Å². The number of likely N-dealkylation sites (tertiary alicyclic amines) is 1. The van der Waals surface area contributed by atoms with E-state index < -0.39 is 0 Å². The second kappa shape index (κ2) is 7.66. The van der Waals surface area contributed by atoms with Crippen LogP contribution in [-0.2, 0) is 13.1 Å². The SMILES string of the molecule is CCC1CCCCCN1Cc1ccccc1CNC. The normalized spacial score (nSPS) is 21.3. The number of nitrogens with zero attached hydrogens (tertiary/aromatic N) is 1. The first-order valence-electron chi connectivity index (χ1n) is 7.80. The summed E-state index contributed by atoms with van der Waals surface area (Å²) in [6, 6.07) is 9.66. The van der Waals surface area contributed by atoms with Crippen LogP contribution in [0.3, 0.4) is 0 Å². The van der Waals surface area contributed by atoms with Gasteiger partial charge >= 0.3 is 0 Å². The molecule has 1 atom stereocenters. The lowest BCUT2D eigenvalue weighted by atomic mass is 10.0. The van der Waals surface area contributed by atoms with Crippen LogP contribution in [0.4, 0.5) is 0 Å². The highest BCUT2D eigenvalue weighted by Crippen LogP contribution is 2.22. The van der Waals surface area contributed by atoms with Crippen LogP contribution in [0.2, 0.25) is 0 Å². The molecule has 1 heterocycles. The minimum atomic E-state index is 0.783. The van der Waals surface area contributed by atoms with Crippen LogP contribution >= 0.6 is 0 Å². The minimum Gasteiger partial charge on any atom is -0.316 e. The first-order chi connectivity index (χ1) is 9.35. The summed E-state index contributed by atoms with van der Waals surface area (Å²) in [6.07, 6.45) is 6.85. The number of hydrogen-bond acceptors (Lipinski definition) is 2. The van der Waals surface area contributed by atoms with Crippen molar-refractivity contribution in [1.29, 1.82) is 0 Å². The van der Waals surface area contributed by atoms with Crippen molar-refractivity contribution in [3.8, 4) is 0 Å². The fourth-order valence-corrected chi connectivity index (χ4v) is 3.20. The molecular formula is C17H28N2. The molecule has 0 amide bonds. The van der Waals surface area contributed by atoms with Crippen molar-refractivity contribution in [3.63, 3.8) is 0 Å². The predicted molar refractivity (Wildman–Crippen MR) is 82.2 cm³/mol. The smallest absolute Gasteiger partial charge is 0.0239 e. The van der Waals surface area contributed by atoms with Gasteiger partial charge in [0.05, 0.1) is 0 Å². The minimum absolute atomic E-state index is 0.783. The summed E-state index contributed by atoms with van der Waals surface area (Å²) in [7, 11) is 2.03. The second-order valence-corrected chi connectivity index (χ2v) is 5.68. The Balaban J connectivity index is 2.09. The highest BCUT2D eigenvalue weighted by atomic mass is 15.2. The van der Waals surface area contributed by atoms with Gasteiger partial charge in [0.15, 0.2) is 0 Å². The number of hydrogen-bond donors (Lipinski definition) is 1. The third-order valence-electron chi connectivity index (χ3n) is 4.33. The van der Waals surface area contributed by atoms with E-state index in [1.54, 1.807) is 0 Å². The van der Waals surface area contributed by atoms with Crippen LogP contribution < -0.4 is 5.32 Å². The lowest BCUT2D eigenvalue weighted by molar-refractivity contribution is 0.185. The molecule has 1 aromatic rings. The van der Waals surface area contributed by atoms with Gasteiger partial charge in [-0.15, -0.1) is 0 Å². The average Bonchev–Trinajstić information content (AvgIpc) is 2.66. The molecular weight excluding hydrogens is 232 g/mol. The molecule has 1 saturated heterocycles. The van der Waals surface area contributed by atoms with Gasteiger partial charge in [0.25, 0.3) is 0 Å². The molecule has 2 nitrogen and oxygen atoms in total. The summed E-state index contributed by atoms with van der Waals surface area (Å²) in [5.41, 5.74) is 2.95. The molecule has 0 radical (unpaired) electrons. The molecule has 1 aromatic carbocycles. The summed E-state index contributed by atoms with van der Waals surface area (Å²) in [5.74, 6) is 0. The van der Waals surface area contributed by atoms with Crippen LogP contribution in [0, 0.1) is 0 Å². The van der Waals surface area contributed by atoms with Gasteiger partial charge in [0.1, 0.15) is 0 Å². The van der Waals surface area contributed by atoms with Crippen LogP contribution in [0.1, 0.15) is 50.2 Å². The van der Waals surface area contributed by atoms with Crippen molar-refractivity contribution in [2.75, 3.05) is 13.6 Å². The zero-order chi connectivity index (χ0) is 13.5. The number of rotatable bonds is 5. The van der Waals surface area contributed by atoms with Gasteiger partial charge in [0.2, 0.25) is 0 Å². The highest BCUT2D eigenvalue weighted by molar-refractivity contribution is 5.27. The Kier molecular flexibility index (Phi) is 5.87. The number of benzene rings is 1. The first-order valence-corrected chi connectivity index (χ1v) is 7.80. The standard InChI is InChI=1S/C17H28N2/c1-3-17-11-5-4-8-12-19(17)14-16-10-7-6-9-15(16)13-18-2/h6-7,9-10,17-18H,3-5,8,11-14H2,1-2H3. The van der Waals surface area contributed by atoms with Crippen molar-refractivity contribution in [2.24, 2.45) is 0 Å². The van der Waals surface area contributed by atoms with Crippen LogP contribution in [0.15, 0.2) is 24.3 Å². The molecule has 1 aliphatic rings. The van der Waals surface area contributed by atoms with Gasteiger partial charge in [-0.3, -0.25) is 4.90 Å². The lowest BCUT2D eigenvalue weighted by Gasteiger charge is -2.30. The quantitative estimate of drug-likeness (QED) is 0.871. The summed E-state index contributed by atoms with van der Waals surface area (Å²) in [5, 5.41) is 3.28.